The van der Waals surface area contributed by atoms with Crippen LogP contribution in [-0.4, -0.2) is 50.2 Å². The fourth-order valence-corrected chi connectivity index (χ4v) is 4.65. The molecule has 144 valence electrons. The monoisotopic (exact) mass is 445 g/mol. The van der Waals surface area contributed by atoms with Gasteiger partial charge in [0.2, 0.25) is 21.8 Å². The Hall–Kier alpha value is -1.45. The van der Waals surface area contributed by atoms with Crippen LogP contribution in [0.3, 0.4) is 0 Å². The van der Waals surface area contributed by atoms with Crippen molar-refractivity contribution in [1.82, 2.24) is 14.9 Å². The summed E-state index contributed by atoms with van der Waals surface area (Å²) in [5.74, 6) is -0.534. The van der Waals surface area contributed by atoms with E-state index >= 15 is 0 Å². The van der Waals surface area contributed by atoms with Gasteiger partial charge in [0.1, 0.15) is 6.04 Å². The minimum Gasteiger partial charge on any atom is -0.354 e. The Morgan fingerprint density at radius 2 is 1.81 bits per heavy atom. The van der Waals surface area contributed by atoms with Gasteiger partial charge < -0.3 is 10.6 Å². The lowest BCUT2D eigenvalue weighted by atomic mass is 10.2. The fourth-order valence-electron chi connectivity index (χ4n) is 2.73. The largest absolute Gasteiger partial charge is 0.354 e. The van der Waals surface area contributed by atoms with Gasteiger partial charge in [-0.05, 0) is 37.1 Å². The summed E-state index contributed by atoms with van der Waals surface area (Å²) in [5, 5.41) is 5.42. The minimum atomic E-state index is -3.72. The molecule has 1 aromatic rings. The first kappa shape index (κ1) is 20.9. The molecule has 0 aliphatic carbocycles. The number of nitrogens with one attached hydrogen (secondary N) is 2. The molecule has 2 amide bonds. The highest BCUT2D eigenvalue weighted by atomic mass is 79.9. The van der Waals surface area contributed by atoms with Gasteiger partial charge in [-0.1, -0.05) is 29.8 Å². The number of sulfonamides is 1. The van der Waals surface area contributed by atoms with E-state index < -0.39 is 16.1 Å². The number of carbonyl (C=O) groups is 2. The first-order chi connectivity index (χ1) is 12.2. The van der Waals surface area contributed by atoms with Gasteiger partial charge in [-0.25, -0.2) is 8.42 Å². The highest BCUT2D eigenvalue weighted by molar-refractivity contribution is 9.10. The number of rotatable bonds is 7. The van der Waals surface area contributed by atoms with Gasteiger partial charge in [0, 0.05) is 30.0 Å². The molecular weight excluding hydrogens is 422 g/mol. The van der Waals surface area contributed by atoms with Crippen LogP contribution >= 0.6 is 15.9 Å². The van der Waals surface area contributed by atoms with E-state index in [0.717, 1.165) is 4.47 Å². The summed E-state index contributed by atoms with van der Waals surface area (Å²) >= 11 is 3.28. The van der Waals surface area contributed by atoms with E-state index in [9.17, 15) is 18.0 Å². The molecule has 0 aromatic heterocycles. The third kappa shape index (κ3) is 5.05. The van der Waals surface area contributed by atoms with Gasteiger partial charge in [0.05, 0.1) is 4.90 Å². The molecule has 26 heavy (non-hydrogen) atoms. The standard InChI is InChI=1S/C17H24BrN3O4S/c1-12(2)16(22)19-9-10-20-17(23)15-4-3-11-21(15)26(24,25)14-7-5-13(18)6-8-14/h5-8,12,15H,3-4,9-11H2,1-2H3,(H,19,22)(H,20,23). The average Bonchev–Trinajstić information content (AvgIpc) is 3.09. The van der Waals surface area contributed by atoms with Gasteiger partial charge in [0.25, 0.3) is 0 Å². The van der Waals surface area contributed by atoms with Crippen LogP contribution in [0.15, 0.2) is 33.6 Å². The lowest BCUT2D eigenvalue weighted by Crippen LogP contribution is -2.47. The second-order valence-corrected chi connectivity index (χ2v) is 9.27. The summed E-state index contributed by atoms with van der Waals surface area (Å²) in [6.07, 6.45) is 1.12. The summed E-state index contributed by atoms with van der Waals surface area (Å²) in [7, 11) is -3.72. The first-order valence-electron chi connectivity index (χ1n) is 8.56. The molecule has 2 N–H and O–H groups in total. The summed E-state index contributed by atoms with van der Waals surface area (Å²) in [5.41, 5.74) is 0. The summed E-state index contributed by atoms with van der Waals surface area (Å²) in [6, 6.07) is 5.65. The molecule has 1 fully saturated rings. The normalized spacial score (nSPS) is 18.1. The zero-order valence-corrected chi connectivity index (χ0v) is 17.3. The maximum Gasteiger partial charge on any atom is 0.243 e. The Kier molecular flexibility index (Phi) is 7.19. The Labute approximate surface area is 162 Å². The maximum absolute atomic E-state index is 12.8. The molecule has 1 heterocycles. The number of amides is 2. The molecule has 1 aliphatic heterocycles. The van der Waals surface area contributed by atoms with Crippen LogP contribution < -0.4 is 10.6 Å². The molecule has 0 bridgehead atoms. The molecule has 1 saturated heterocycles. The van der Waals surface area contributed by atoms with Gasteiger partial charge in [0.15, 0.2) is 0 Å². The van der Waals surface area contributed by atoms with Crippen molar-refractivity contribution >= 4 is 37.8 Å². The molecule has 1 aliphatic rings. The zero-order valence-electron chi connectivity index (χ0n) is 14.9. The third-order valence-electron chi connectivity index (χ3n) is 4.17. The van der Waals surface area contributed by atoms with Crippen LogP contribution in [0.4, 0.5) is 0 Å². The predicted molar refractivity (Wildman–Crippen MR) is 102 cm³/mol. The van der Waals surface area contributed by atoms with Crippen LogP contribution in [0.25, 0.3) is 0 Å². The topological polar surface area (TPSA) is 95.6 Å². The summed E-state index contributed by atoms with van der Waals surface area (Å²) in [4.78, 5) is 24.1. The Balaban J connectivity index is 1.97. The second-order valence-electron chi connectivity index (χ2n) is 6.46. The van der Waals surface area contributed by atoms with Crippen molar-refractivity contribution < 1.29 is 18.0 Å². The molecule has 2 rings (SSSR count). The highest BCUT2D eigenvalue weighted by Crippen LogP contribution is 2.27. The number of carbonyl (C=O) groups excluding carboxylic acids is 2. The smallest absolute Gasteiger partial charge is 0.243 e. The van der Waals surface area contributed by atoms with Crippen LogP contribution in [-0.2, 0) is 19.6 Å². The molecule has 1 aromatic carbocycles. The van der Waals surface area contributed by atoms with Gasteiger partial charge >= 0.3 is 0 Å². The number of halogens is 1. The quantitative estimate of drug-likeness (QED) is 0.621. The van der Waals surface area contributed by atoms with Crippen molar-refractivity contribution in [2.75, 3.05) is 19.6 Å². The molecule has 9 heteroatoms. The summed E-state index contributed by atoms with van der Waals surface area (Å²) in [6.45, 7) is 4.48. The highest BCUT2D eigenvalue weighted by Gasteiger charge is 2.39. The summed E-state index contributed by atoms with van der Waals surface area (Å²) < 4.78 is 27.7. The Morgan fingerprint density at radius 1 is 1.19 bits per heavy atom. The second kappa shape index (κ2) is 8.96. The van der Waals surface area contributed by atoms with Crippen molar-refractivity contribution in [2.24, 2.45) is 5.92 Å². The van der Waals surface area contributed by atoms with E-state index in [1.807, 2.05) is 0 Å². The van der Waals surface area contributed by atoms with Crippen LogP contribution in [0.1, 0.15) is 26.7 Å². The van der Waals surface area contributed by atoms with E-state index in [1.54, 1.807) is 26.0 Å². The minimum absolute atomic E-state index is 0.0837. The number of nitrogens with zero attached hydrogens (tertiary/aromatic N) is 1. The number of hydrogen-bond donors (Lipinski definition) is 2. The van der Waals surface area contributed by atoms with Crippen LogP contribution in [0.5, 0.6) is 0 Å². The molecule has 1 unspecified atom stereocenters. The number of hydrogen-bond acceptors (Lipinski definition) is 4. The van der Waals surface area contributed by atoms with Crippen LogP contribution in [0.2, 0.25) is 0 Å². The third-order valence-corrected chi connectivity index (χ3v) is 6.63. The van der Waals surface area contributed by atoms with Crippen molar-refractivity contribution in [2.45, 2.75) is 37.6 Å². The molecule has 7 nitrogen and oxygen atoms in total. The first-order valence-corrected chi connectivity index (χ1v) is 10.8. The fraction of sp³-hybridized carbons (Fsp3) is 0.529. The predicted octanol–water partition coefficient (Wildman–Crippen LogP) is 1.49. The van der Waals surface area contributed by atoms with E-state index in [-0.39, 0.29) is 29.2 Å². The Bertz CT molecular complexity index is 750. The van der Waals surface area contributed by atoms with Crippen molar-refractivity contribution in [1.29, 1.82) is 0 Å². The van der Waals surface area contributed by atoms with Crippen molar-refractivity contribution in [3.05, 3.63) is 28.7 Å². The lowest BCUT2D eigenvalue weighted by Gasteiger charge is -2.23. The molecule has 1 atom stereocenters. The Morgan fingerprint density at radius 3 is 2.42 bits per heavy atom. The van der Waals surface area contributed by atoms with Crippen molar-refractivity contribution in [3.8, 4) is 0 Å². The molecule has 0 saturated carbocycles. The number of benzene rings is 1. The van der Waals surface area contributed by atoms with Crippen molar-refractivity contribution in [3.63, 3.8) is 0 Å². The lowest BCUT2D eigenvalue weighted by molar-refractivity contribution is -0.125. The van der Waals surface area contributed by atoms with E-state index in [4.69, 9.17) is 0 Å². The van der Waals surface area contributed by atoms with E-state index in [0.29, 0.717) is 25.9 Å². The zero-order chi connectivity index (χ0) is 19.3. The van der Waals surface area contributed by atoms with E-state index in [1.165, 1.54) is 16.4 Å². The van der Waals surface area contributed by atoms with Gasteiger partial charge in [-0.2, -0.15) is 4.31 Å². The van der Waals surface area contributed by atoms with E-state index in [2.05, 4.69) is 26.6 Å². The maximum atomic E-state index is 12.8. The average molecular weight is 446 g/mol. The molecular formula is C17H24BrN3O4S. The van der Waals surface area contributed by atoms with Crippen LogP contribution in [0, 0.1) is 5.92 Å². The molecule has 0 radical (unpaired) electrons. The van der Waals surface area contributed by atoms with Gasteiger partial charge in [-0.3, -0.25) is 9.59 Å². The van der Waals surface area contributed by atoms with Gasteiger partial charge in [-0.15, -0.1) is 0 Å². The SMILES string of the molecule is CC(C)C(=O)NCCNC(=O)C1CCCN1S(=O)(=O)c1ccc(Br)cc1. The molecule has 0 spiro atoms.